The first-order valence-electron chi connectivity index (χ1n) is 20.0. The highest BCUT2D eigenvalue weighted by molar-refractivity contribution is 7.30. The SMILES string of the molecule is N#CC(=O)Cc1cc2sc(-c3ccc(N(c4ccc(OCC(F)(F)C(F)(F)C(F)(F)C(F)(F)C(F)(F)C(F)(F)C(F)(F)C(F)(F)F)cc4)c4ccc(-c5cc6sc(C=C(C#N)OC=O)cc6s5)cc4)cc3)cc2s1. The van der Waals surface area contributed by atoms with Gasteiger partial charge in [0.25, 0.3) is 6.47 Å². The molecule has 0 N–H and O–H groups in total. The summed E-state index contributed by atoms with van der Waals surface area (Å²) < 4.78 is 247. The van der Waals surface area contributed by atoms with E-state index in [1.807, 2.05) is 12.1 Å². The minimum Gasteiger partial charge on any atom is -0.487 e. The van der Waals surface area contributed by atoms with Gasteiger partial charge in [-0.25, -0.2) is 0 Å². The summed E-state index contributed by atoms with van der Waals surface area (Å²) in [5.74, 6) is -59.2. The number of carbonyl (C=O) groups excluding carboxylic acids is 2. The third-order valence-corrected chi connectivity index (χ3v) is 15.3. The van der Waals surface area contributed by atoms with Crippen molar-refractivity contribution in [1.29, 1.82) is 10.5 Å². The second-order valence-corrected chi connectivity index (χ2v) is 19.9. The van der Waals surface area contributed by atoms with E-state index in [0.717, 1.165) is 52.8 Å². The van der Waals surface area contributed by atoms with Gasteiger partial charge in [-0.05, 0) is 83.9 Å². The van der Waals surface area contributed by atoms with Gasteiger partial charge in [-0.1, -0.05) is 24.3 Å². The molecule has 28 heteroatoms. The smallest absolute Gasteiger partial charge is 0.460 e. The van der Waals surface area contributed by atoms with Crippen LogP contribution in [0.3, 0.4) is 0 Å². The second kappa shape index (κ2) is 19.5. The van der Waals surface area contributed by atoms with E-state index in [0.29, 0.717) is 32.3 Å². The van der Waals surface area contributed by atoms with Crippen LogP contribution in [0, 0.1) is 22.7 Å². The Hall–Kier alpha value is -6.75. The summed E-state index contributed by atoms with van der Waals surface area (Å²) in [5.41, 5.74) is 2.37. The molecule has 0 saturated heterocycles. The highest BCUT2D eigenvalue weighted by atomic mass is 32.1. The molecule has 0 fully saturated rings. The van der Waals surface area contributed by atoms with Gasteiger partial charge in [-0.3, -0.25) is 9.59 Å². The molecule has 7 rings (SSSR count). The predicted octanol–water partition coefficient (Wildman–Crippen LogP) is 16.1. The molecule has 0 amide bonds. The average molecular weight is 1130 g/mol. The first kappa shape index (κ1) is 55.0. The number of allylic oxidation sites excluding steroid dienone is 1. The number of benzene rings is 3. The molecule has 7 nitrogen and oxygen atoms in total. The van der Waals surface area contributed by atoms with Crippen LogP contribution >= 0.6 is 45.3 Å². The molecule has 4 aromatic heterocycles. The van der Waals surface area contributed by atoms with Gasteiger partial charge in [0.1, 0.15) is 17.9 Å². The lowest BCUT2D eigenvalue weighted by Gasteiger charge is -2.42. The van der Waals surface area contributed by atoms with Crippen LogP contribution in [-0.4, -0.2) is 66.5 Å². The van der Waals surface area contributed by atoms with Crippen molar-refractivity contribution in [1.82, 2.24) is 0 Å². The van der Waals surface area contributed by atoms with Crippen molar-refractivity contribution >= 4 is 99.5 Å². The van der Waals surface area contributed by atoms with Crippen LogP contribution in [-0.2, 0) is 20.7 Å². The third kappa shape index (κ3) is 9.63. The molecule has 0 aliphatic heterocycles. The summed E-state index contributed by atoms with van der Waals surface area (Å²) in [6.07, 6.45) is -6.53. The molecule has 0 aliphatic rings. The monoisotopic (exact) mass is 1130 g/mol. The second-order valence-electron chi connectivity index (χ2n) is 15.4. The van der Waals surface area contributed by atoms with Crippen LogP contribution in [0.15, 0.2) is 103 Å². The molecule has 4 heterocycles. The number of ketones is 1. The number of rotatable bonds is 19. The van der Waals surface area contributed by atoms with Crippen molar-refractivity contribution in [3.8, 4) is 38.8 Å². The van der Waals surface area contributed by atoms with Crippen molar-refractivity contribution < 1.29 is 93.7 Å². The quantitative estimate of drug-likeness (QED) is 0.0261. The van der Waals surface area contributed by atoms with Gasteiger partial charge in [0.15, 0.2) is 6.61 Å². The molecular formula is C46H22F17N3O4S4. The molecule has 0 spiro atoms. The van der Waals surface area contributed by atoms with Gasteiger partial charge in [0.2, 0.25) is 11.5 Å². The fraction of sp³-hybridized carbons (Fsp3) is 0.217. The average Bonchev–Trinajstić information content (AvgIpc) is 4.12. The Kier molecular flexibility index (Phi) is 14.5. The number of alkyl halides is 17. The molecule has 0 aliphatic carbocycles. The lowest BCUT2D eigenvalue weighted by atomic mass is 9.89. The van der Waals surface area contributed by atoms with Crippen LogP contribution in [0.5, 0.6) is 5.75 Å². The highest BCUT2D eigenvalue weighted by Gasteiger charge is 2.95. The molecular weight excluding hydrogens is 1110 g/mol. The maximum absolute atomic E-state index is 14.7. The van der Waals surface area contributed by atoms with Crippen LogP contribution in [0.1, 0.15) is 9.75 Å². The Balaban J connectivity index is 1.16. The molecule has 0 atom stereocenters. The number of carbonyl (C=O) groups is 2. The minimum atomic E-state index is -8.75. The number of nitriles is 2. The van der Waals surface area contributed by atoms with Gasteiger partial charge in [0.05, 0.1) is 6.42 Å². The molecule has 74 heavy (non-hydrogen) atoms. The maximum atomic E-state index is 14.7. The number of ether oxygens (including phenoxy) is 2. The van der Waals surface area contributed by atoms with E-state index in [9.17, 15) is 89.5 Å². The molecule has 3 aromatic carbocycles. The van der Waals surface area contributed by atoms with E-state index in [4.69, 9.17) is 5.26 Å². The molecule has 0 radical (unpaired) electrons. The number of nitrogens with zero attached hydrogens (tertiary/aromatic N) is 3. The van der Waals surface area contributed by atoms with Gasteiger partial charge in [-0.15, -0.1) is 45.3 Å². The largest absolute Gasteiger partial charge is 0.487 e. The van der Waals surface area contributed by atoms with Crippen molar-refractivity contribution in [3.05, 3.63) is 113 Å². The van der Waals surface area contributed by atoms with E-state index >= 15 is 0 Å². The molecule has 0 saturated carbocycles. The maximum Gasteiger partial charge on any atom is 0.460 e. The molecule has 0 unspecified atom stereocenters. The topological polar surface area (TPSA) is 103 Å². The number of hydrogen-bond acceptors (Lipinski definition) is 11. The Labute approximate surface area is 419 Å². The summed E-state index contributed by atoms with van der Waals surface area (Å²) in [4.78, 5) is 26.8. The molecule has 7 aromatic rings. The number of halogens is 17. The highest BCUT2D eigenvalue weighted by Crippen LogP contribution is 2.64. The van der Waals surface area contributed by atoms with Gasteiger partial charge in [0, 0.05) is 61.4 Å². The van der Waals surface area contributed by atoms with E-state index in [1.54, 1.807) is 77.7 Å². The zero-order valence-electron chi connectivity index (χ0n) is 35.8. The van der Waals surface area contributed by atoms with E-state index in [2.05, 4.69) is 9.47 Å². The summed E-state index contributed by atoms with van der Waals surface area (Å²) in [6.45, 7) is -3.00. The van der Waals surface area contributed by atoms with Crippen molar-refractivity contribution in [2.75, 3.05) is 11.5 Å². The zero-order chi connectivity index (χ0) is 54.6. The first-order valence-corrected chi connectivity index (χ1v) is 23.3. The van der Waals surface area contributed by atoms with E-state index in [-0.39, 0.29) is 24.3 Å². The van der Waals surface area contributed by atoms with Crippen LogP contribution in [0.4, 0.5) is 91.7 Å². The van der Waals surface area contributed by atoms with Crippen molar-refractivity contribution in [2.24, 2.45) is 0 Å². The van der Waals surface area contributed by atoms with Gasteiger partial charge in [-0.2, -0.15) is 85.2 Å². The van der Waals surface area contributed by atoms with Gasteiger partial charge >= 0.3 is 47.6 Å². The summed E-state index contributed by atoms with van der Waals surface area (Å²) in [7, 11) is 0. The van der Waals surface area contributed by atoms with Crippen LogP contribution < -0.4 is 9.64 Å². The first-order chi connectivity index (χ1) is 34.3. The summed E-state index contributed by atoms with van der Waals surface area (Å²) in [6, 6.07) is 27.8. The van der Waals surface area contributed by atoms with Crippen molar-refractivity contribution in [2.45, 2.75) is 54.1 Å². The number of Topliss-reactive ketones (excluding diaryl/α,β-unsaturated/α-hetero) is 1. The number of fused-ring (bicyclic) bond motifs is 2. The number of anilines is 3. The zero-order valence-corrected chi connectivity index (χ0v) is 39.1. The Bertz CT molecular complexity index is 3280. The molecule has 0 bridgehead atoms. The minimum absolute atomic E-state index is 0.0581. The summed E-state index contributed by atoms with van der Waals surface area (Å²) in [5, 5.41) is 18.0. The molecule has 388 valence electrons. The number of hydrogen-bond donors (Lipinski definition) is 0. The third-order valence-electron chi connectivity index (χ3n) is 10.6. The standard InChI is InChI=1S/C46H22F17N3O4S4/c47-39(48,40(49,50)41(51,52)42(53,54)43(55,56)44(57,58)45(59,60)46(61,62)63)21-69-29-11-9-27(10-12-29)66(25-5-1-23(2-6-25)33-17-37-35(73-33)15-31(71-37)13-28(68)19-64)26-7-3-24(4-8-26)34-18-38-36(74-34)16-32(72-38)14-30(20-65)70-22-67/h1-12,14-18,22H,13,21H2. The fourth-order valence-corrected chi connectivity index (χ4v) is 11.6. The summed E-state index contributed by atoms with van der Waals surface area (Å²) >= 11 is 5.38. The van der Waals surface area contributed by atoms with Crippen LogP contribution in [0.25, 0.3) is 45.8 Å². The lowest BCUT2D eigenvalue weighted by molar-refractivity contribution is -0.462. The van der Waals surface area contributed by atoms with Crippen molar-refractivity contribution in [3.63, 3.8) is 0 Å². The Morgan fingerprint density at radius 3 is 1.41 bits per heavy atom. The van der Waals surface area contributed by atoms with Crippen LogP contribution in [0.2, 0.25) is 0 Å². The Morgan fingerprint density at radius 2 is 0.973 bits per heavy atom. The lowest BCUT2D eigenvalue weighted by Crippen LogP contribution is -2.74. The number of thiophene rings is 4. The van der Waals surface area contributed by atoms with E-state index in [1.165, 1.54) is 51.4 Å². The van der Waals surface area contributed by atoms with Gasteiger partial charge < -0.3 is 14.4 Å². The van der Waals surface area contributed by atoms with E-state index < -0.39 is 65.8 Å². The fourth-order valence-electron chi connectivity index (χ4n) is 6.80. The Morgan fingerprint density at radius 1 is 0.541 bits per heavy atom. The normalized spacial score (nSPS) is 13.5. The predicted molar refractivity (Wildman–Crippen MR) is 240 cm³/mol.